The van der Waals surface area contributed by atoms with Gasteiger partial charge in [0.15, 0.2) is 0 Å². The van der Waals surface area contributed by atoms with Gasteiger partial charge < -0.3 is 20.6 Å². The zero-order valence-electron chi connectivity index (χ0n) is 13.6. The van der Waals surface area contributed by atoms with Crippen molar-refractivity contribution in [2.45, 2.75) is 59.0 Å². The lowest BCUT2D eigenvalue weighted by molar-refractivity contribution is -0.141. The molecule has 0 bridgehead atoms. The van der Waals surface area contributed by atoms with E-state index < -0.39 is 23.5 Å². The van der Waals surface area contributed by atoms with E-state index in [4.69, 9.17) is 0 Å². The van der Waals surface area contributed by atoms with Crippen molar-refractivity contribution >= 4 is 12.0 Å². The maximum atomic E-state index is 12.0. The summed E-state index contributed by atoms with van der Waals surface area (Å²) in [4.78, 5) is 25.5. The number of carboxylic acids is 1. The summed E-state index contributed by atoms with van der Waals surface area (Å²) < 4.78 is 0. The molecule has 1 unspecified atom stereocenters. The Labute approximate surface area is 127 Å². The van der Waals surface area contributed by atoms with Gasteiger partial charge >= 0.3 is 12.0 Å². The molecule has 0 spiro atoms. The summed E-state index contributed by atoms with van der Waals surface area (Å²) in [5, 5.41) is 14.6. The average Bonchev–Trinajstić information content (AvgIpc) is 2.35. The molecule has 0 aromatic heterocycles. The van der Waals surface area contributed by atoms with Gasteiger partial charge in [0.2, 0.25) is 0 Å². The largest absolute Gasteiger partial charge is 0.480 e. The van der Waals surface area contributed by atoms with E-state index in [-0.39, 0.29) is 6.04 Å². The van der Waals surface area contributed by atoms with E-state index in [9.17, 15) is 14.7 Å². The van der Waals surface area contributed by atoms with Crippen molar-refractivity contribution in [3.05, 3.63) is 0 Å². The van der Waals surface area contributed by atoms with Crippen LogP contribution < -0.4 is 10.6 Å². The van der Waals surface area contributed by atoms with Gasteiger partial charge in [-0.3, -0.25) is 0 Å². The molecule has 1 saturated heterocycles. The van der Waals surface area contributed by atoms with E-state index in [1.54, 1.807) is 20.8 Å². The van der Waals surface area contributed by atoms with E-state index in [1.807, 2.05) is 6.92 Å². The third kappa shape index (κ3) is 6.33. The Hall–Kier alpha value is -1.30. The van der Waals surface area contributed by atoms with E-state index >= 15 is 0 Å². The van der Waals surface area contributed by atoms with Gasteiger partial charge in [-0.25, -0.2) is 9.59 Å². The summed E-state index contributed by atoms with van der Waals surface area (Å²) >= 11 is 0. The first-order valence-corrected chi connectivity index (χ1v) is 7.72. The minimum Gasteiger partial charge on any atom is -0.480 e. The van der Waals surface area contributed by atoms with Crippen LogP contribution in [0.15, 0.2) is 0 Å². The van der Waals surface area contributed by atoms with Crippen molar-refractivity contribution < 1.29 is 14.7 Å². The second kappa shape index (κ2) is 7.64. The predicted molar refractivity (Wildman–Crippen MR) is 82.3 cm³/mol. The molecule has 3 N–H and O–H groups in total. The topological polar surface area (TPSA) is 81.7 Å². The molecule has 0 aromatic rings. The van der Waals surface area contributed by atoms with Gasteiger partial charge in [-0.2, -0.15) is 0 Å². The molecule has 1 aliphatic heterocycles. The van der Waals surface area contributed by atoms with Crippen LogP contribution in [0.4, 0.5) is 4.79 Å². The fourth-order valence-electron chi connectivity index (χ4n) is 2.62. The molecular formula is C15H29N3O3. The number of urea groups is 1. The van der Waals surface area contributed by atoms with E-state index in [2.05, 4.69) is 15.5 Å². The first-order chi connectivity index (χ1) is 9.70. The molecule has 1 fully saturated rings. The lowest BCUT2D eigenvalue weighted by Crippen LogP contribution is -2.55. The molecule has 6 heteroatoms. The van der Waals surface area contributed by atoms with Crippen molar-refractivity contribution in [3.63, 3.8) is 0 Å². The number of hydrogen-bond acceptors (Lipinski definition) is 3. The molecule has 21 heavy (non-hydrogen) atoms. The summed E-state index contributed by atoms with van der Waals surface area (Å²) in [5.41, 5.74) is -0.528. The zero-order chi connectivity index (χ0) is 16.0. The summed E-state index contributed by atoms with van der Waals surface area (Å²) in [6, 6.07) is -1.32. The Morgan fingerprint density at radius 3 is 2.19 bits per heavy atom. The summed E-state index contributed by atoms with van der Waals surface area (Å²) in [5.74, 6) is -1.01. The maximum Gasteiger partial charge on any atom is 0.326 e. The van der Waals surface area contributed by atoms with Crippen molar-refractivity contribution in [1.29, 1.82) is 0 Å². The molecule has 0 radical (unpaired) electrons. The Balaban J connectivity index is 2.42. The highest BCUT2D eigenvalue weighted by molar-refractivity contribution is 5.83. The molecule has 6 nitrogen and oxygen atoms in total. The number of carbonyl (C=O) groups excluding carboxylic acids is 1. The molecule has 122 valence electrons. The minimum absolute atomic E-state index is 0.00230. The number of carbonyl (C=O) groups is 2. The maximum absolute atomic E-state index is 12.0. The summed E-state index contributed by atoms with van der Waals surface area (Å²) in [6.45, 7) is 10.3. The lowest BCUT2D eigenvalue weighted by Gasteiger charge is -2.31. The van der Waals surface area contributed by atoms with Crippen molar-refractivity contribution in [1.82, 2.24) is 15.5 Å². The number of carboxylic acid groups (broad SMARTS) is 1. The second-order valence-corrected chi connectivity index (χ2v) is 7.02. The van der Waals surface area contributed by atoms with Crippen molar-refractivity contribution in [3.8, 4) is 0 Å². The average molecular weight is 299 g/mol. The van der Waals surface area contributed by atoms with Crippen LogP contribution in [0.1, 0.15) is 47.0 Å². The van der Waals surface area contributed by atoms with Crippen LogP contribution in [0.3, 0.4) is 0 Å². The minimum atomic E-state index is -1.01. The number of likely N-dealkylation sites (tertiary alicyclic amines) is 1. The number of aliphatic carboxylic acids is 1. The molecular weight excluding hydrogens is 270 g/mol. The molecule has 0 aliphatic carbocycles. The Morgan fingerprint density at radius 1 is 1.14 bits per heavy atom. The van der Waals surface area contributed by atoms with Crippen molar-refractivity contribution in [2.24, 2.45) is 5.41 Å². The number of hydrogen-bond donors (Lipinski definition) is 3. The van der Waals surface area contributed by atoms with Crippen LogP contribution in [-0.4, -0.2) is 53.7 Å². The second-order valence-electron chi connectivity index (χ2n) is 7.02. The van der Waals surface area contributed by atoms with Crippen molar-refractivity contribution in [2.75, 3.05) is 19.6 Å². The van der Waals surface area contributed by atoms with Gasteiger partial charge in [0, 0.05) is 12.6 Å². The lowest BCUT2D eigenvalue weighted by atomic mass is 9.87. The highest BCUT2D eigenvalue weighted by Gasteiger charge is 2.32. The highest BCUT2D eigenvalue weighted by atomic mass is 16.4. The van der Waals surface area contributed by atoms with Gasteiger partial charge in [-0.1, -0.05) is 27.2 Å². The fraction of sp³-hybridized carbons (Fsp3) is 0.867. The molecule has 0 saturated carbocycles. The SMILES string of the molecule is CC(CN1CCCCC1)NC(=O)N[C@H](C(=O)O)C(C)(C)C. The van der Waals surface area contributed by atoms with Gasteiger partial charge in [-0.15, -0.1) is 0 Å². The summed E-state index contributed by atoms with van der Waals surface area (Å²) in [6.07, 6.45) is 3.71. The summed E-state index contributed by atoms with van der Waals surface area (Å²) in [7, 11) is 0. The fourth-order valence-corrected chi connectivity index (χ4v) is 2.62. The van der Waals surface area contributed by atoms with Crippen LogP contribution >= 0.6 is 0 Å². The monoisotopic (exact) mass is 299 g/mol. The van der Waals surface area contributed by atoms with Crippen LogP contribution in [-0.2, 0) is 4.79 Å². The molecule has 1 aliphatic rings. The number of nitrogens with zero attached hydrogens (tertiary/aromatic N) is 1. The first kappa shape index (κ1) is 17.8. The first-order valence-electron chi connectivity index (χ1n) is 7.72. The van der Waals surface area contributed by atoms with Gasteiger partial charge in [0.1, 0.15) is 6.04 Å². The number of rotatable bonds is 5. The third-order valence-corrected chi connectivity index (χ3v) is 3.75. The quantitative estimate of drug-likeness (QED) is 0.721. The van der Waals surface area contributed by atoms with E-state index in [0.717, 1.165) is 19.6 Å². The Kier molecular flexibility index (Phi) is 6.45. The zero-order valence-corrected chi connectivity index (χ0v) is 13.6. The van der Waals surface area contributed by atoms with Crippen LogP contribution in [0, 0.1) is 5.41 Å². The van der Waals surface area contributed by atoms with Crippen LogP contribution in [0.25, 0.3) is 0 Å². The van der Waals surface area contributed by atoms with Gasteiger partial charge in [0.25, 0.3) is 0 Å². The molecule has 1 heterocycles. The van der Waals surface area contributed by atoms with Gasteiger partial charge in [0.05, 0.1) is 0 Å². The third-order valence-electron chi connectivity index (χ3n) is 3.75. The molecule has 2 atom stereocenters. The van der Waals surface area contributed by atoms with Gasteiger partial charge in [-0.05, 0) is 38.3 Å². The Morgan fingerprint density at radius 2 is 1.71 bits per heavy atom. The normalized spacial score (nSPS) is 19.6. The van der Waals surface area contributed by atoms with E-state index in [1.165, 1.54) is 19.3 Å². The van der Waals surface area contributed by atoms with Crippen LogP contribution in [0.2, 0.25) is 0 Å². The van der Waals surface area contributed by atoms with Crippen LogP contribution in [0.5, 0.6) is 0 Å². The number of piperidine rings is 1. The molecule has 2 amide bonds. The molecule has 1 rings (SSSR count). The van der Waals surface area contributed by atoms with E-state index in [0.29, 0.717) is 0 Å². The number of nitrogens with one attached hydrogen (secondary N) is 2. The smallest absolute Gasteiger partial charge is 0.326 e. The molecule has 0 aromatic carbocycles. The number of amides is 2. The highest BCUT2D eigenvalue weighted by Crippen LogP contribution is 2.19. The predicted octanol–water partition coefficient (Wildman–Crippen LogP) is 1.66. The standard InChI is InChI=1S/C15H29N3O3/c1-11(10-18-8-6-5-7-9-18)16-14(21)17-12(13(19)20)15(2,3)4/h11-12H,5-10H2,1-4H3,(H,19,20)(H2,16,17,21)/t11?,12-/m1/s1. The Bertz CT molecular complexity index is 360.